The van der Waals surface area contributed by atoms with Crippen LogP contribution in [-0.4, -0.2) is 4.40 Å². The van der Waals surface area contributed by atoms with Crippen LogP contribution in [0.5, 0.6) is 0 Å². The molecule has 0 spiro atoms. The molecule has 0 radical (unpaired) electrons. The molecule has 0 saturated carbocycles. The number of benzene rings is 10. The highest BCUT2D eigenvalue weighted by atomic mass is 32.1. The molecule has 0 unspecified atom stereocenters. The Bertz CT molecular complexity index is 3860. The highest BCUT2D eigenvalue weighted by Crippen LogP contribution is 2.49. The Labute approximate surface area is 366 Å². The molecule has 0 bridgehead atoms. The quantitative estimate of drug-likeness (QED) is 0.162. The van der Waals surface area contributed by atoms with Crippen LogP contribution >= 0.6 is 22.7 Å². The maximum atomic E-state index is 2.53. The van der Waals surface area contributed by atoms with Crippen molar-refractivity contribution in [3.05, 3.63) is 218 Å². The molecule has 0 fully saturated rings. The van der Waals surface area contributed by atoms with Gasteiger partial charge in [0.05, 0.1) is 21.4 Å². The molecule has 2 nitrogen and oxygen atoms in total. The molecule has 0 aliphatic rings. The highest BCUT2D eigenvalue weighted by Gasteiger charge is 2.23. The van der Waals surface area contributed by atoms with Crippen LogP contribution in [0.4, 0.5) is 17.1 Å². The molecule has 0 aliphatic heterocycles. The minimum absolute atomic E-state index is 1.11. The fourth-order valence-corrected chi connectivity index (χ4v) is 12.3. The van der Waals surface area contributed by atoms with Crippen LogP contribution in [0.25, 0.3) is 101 Å². The molecule has 3 aromatic heterocycles. The summed E-state index contributed by atoms with van der Waals surface area (Å²) in [4.78, 5) is 3.69. The molecule has 0 saturated heterocycles. The lowest BCUT2D eigenvalue weighted by molar-refractivity contribution is 1.30. The van der Waals surface area contributed by atoms with Gasteiger partial charge in [0.25, 0.3) is 0 Å². The average molecular weight is 825 g/mol. The molecule has 0 amide bonds. The van der Waals surface area contributed by atoms with E-state index in [1.54, 1.807) is 0 Å². The molecule has 10 aromatic carbocycles. The van der Waals surface area contributed by atoms with E-state index in [1.165, 1.54) is 101 Å². The van der Waals surface area contributed by atoms with Crippen LogP contribution in [0.3, 0.4) is 0 Å². The van der Waals surface area contributed by atoms with E-state index in [0.29, 0.717) is 0 Å². The molecule has 62 heavy (non-hydrogen) atoms. The van der Waals surface area contributed by atoms with Gasteiger partial charge in [-0.2, -0.15) is 0 Å². The van der Waals surface area contributed by atoms with Crippen LogP contribution < -0.4 is 4.90 Å². The first-order valence-electron chi connectivity index (χ1n) is 21.1. The van der Waals surface area contributed by atoms with Crippen LogP contribution in [0.1, 0.15) is 0 Å². The van der Waals surface area contributed by atoms with E-state index in [4.69, 9.17) is 0 Å². The minimum Gasteiger partial charge on any atom is -0.310 e. The van der Waals surface area contributed by atoms with E-state index in [9.17, 15) is 0 Å². The maximum Gasteiger partial charge on any atom is 0.109 e. The first-order valence-corrected chi connectivity index (χ1v) is 22.7. The zero-order valence-electron chi connectivity index (χ0n) is 33.5. The minimum atomic E-state index is 1.11. The van der Waals surface area contributed by atoms with Crippen LogP contribution in [0.15, 0.2) is 218 Å². The predicted octanol–water partition coefficient (Wildman–Crippen LogP) is 17.5. The van der Waals surface area contributed by atoms with Gasteiger partial charge in [-0.25, -0.2) is 0 Å². The Balaban J connectivity index is 0.962. The molecular formula is C58H36N2S2. The average Bonchev–Trinajstić information content (AvgIpc) is 4.01. The van der Waals surface area contributed by atoms with Gasteiger partial charge in [-0.3, -0.25) is 4.40 Å². The summed E-state index contributed by atoms with van der Waals surface area (Å²) >= 11 is 3.80. The third-order valence-corrected chi connectivity index (χ3v) is 15.0. The standard InChI is InChI=1S/C58H36N2S2/c1-3-17-43-37(13-1)15-9-21-44(43)39-29-33-41(34-30-39)59(51-26-10-16-38-14-2-4-18-45(38)51)42-35-31-40(32-36-42)46-22-12-28-54-56(46)60-52-25-7-5-20-49(52)55(58(60)62-54)50-24-11-23-48-47-19-6-8-27-53(47)61-57(48)50/h1-36H. The van der Waals surface area contributed by atoms with E-state index >= 15 is 0 Å². The van der Waals surface area contributed by atoms with E-state index in [2.05, 4.69) is 228 Å². The number of thiazole rings is 1. The first kappa shape index (κ1) is 35.3. The van der Waals surface area contributed by atoms with Gasteiger partial charge >= 0.3 is 0 Å². The van der Waals surface area contributed by atoms with Gasteiger partial charge in [0.15, 0.2) is 0 Å². The fraction of sp³-hybridized carbons (Fsp3) is 0. The molecule has 13 rings (SSSR count). The second-order valence-corrected chi connectivity index (χ2v) is 18.1. The SMILES string of the molecule is c1ccc2c(-c3ccc(N(c4ccc(-c5cccc6sc7c(-c8cccc9c8sc8ccccc89)c8ccccc8n7c56)cc4)c4cccc5ccccc45)cc3)cccc2c1. The topological polar surface area (TPSA) is 7.65 Å². The molecule has 13 aromatic rings. The van der Waals surface area contributed by atoms with Crippen molar-refractivity contribution in [3.8, 4) is 33.4 Å². The van der Waals surface area contributed by atoms with Crippen molar-refractivity contribution < 1.29 is 0 Å². The summed E-state index contributed by atoms with van der Waals surface area (Å²) in [5.74, 6) is 0. The number of fused-ring (bicyclic) bond motifs is 10. The summed E-state index contributed by atoms with van der Waals surface area (Å²) in [6.07, 6.45) is 0. The van der Waals surface area contributed by atoms with Crippen molar-refractivity contribution in [1.82, 2.24) is 4.40 Å². The van der Waals surface area contributed by atoms with Crippen molar-refractivity contribution in [2.24, 2.45) is 0 Å². The predicted molar refractivity (Wildman–Crippen MR) is 269 cm³/mol. The van der Waals surface area contributed by atoms with Crippen LogP contribution in [-0.2, 0) is 0 Å². The summed E-state index contributed by atoms with van der Waals surface area (Å²) in [7, 11) is 0. The number of thiophene rings is 1. The van der Waals surface area contributed by atoms with Crippen molar-refractivity contribution in [2.75, 3.05) is 4.90 Å². The Morgan fingerprint density at radius 1 is 0.355 bits per heavy atom. The number of hydrogen-bond donors (Lipinski definition) is 0. The second kappa shape index (κ2) is 14.0. The molecule has 0 atom stereocenters. The molecule has 0 N–H and O–H groups in total. The van der Waals surface area contributed by atoms with Gasteiger partial charge in [-0.15, -0.1) is 22.7 Å². The van der Waals surface area contributed by atoms with E-state index in [-0.39, 0.29) is 0 Å². The van der Waals surface area contributed by atoms with Crippen molar-refractivity contribution in [3.63, 3.8) is 0 Å². The zero-order chi connectivity index (χ0) is 40.7. The van der Waals surface area contributed by atoms with Crippen LogP contribution in [0.2, 0.25) is 0 Å². The third-order valence-electron chi connectivity index (χ3n) is 12.6. The fourth-order valence-electron chi connectivity index (χ4n) is 9.80. The number of rotatable bonds is 6. The summed E-state index contributed by atoms with van der Waals surface area (Å²) in [5, 5.41) is 8.88. The third kappa shape index (κ3) is 5.41. The van der Waals surface area contributed by atoms with Crippen molar-refractivity contribution in [1.29, 1.82) is 0 Å². The first-order chi connectivity index (χ1) is 30.8. The van der Waals surface area contributed by atoms with E-state index in [0.717, 1.165) is 17.1 Å². The normalized spacial score (nSPS) is 11.9. The Morgan fingerprint density at radius 2 is 0.887 bits per heavy atom. The second-order valence-electron chi connectivity index (χ2n) is 16.0. The Kier molecular flexibility index (Phi) is 7.99. The Hall–Kier alpha value is -7.50. The number of nitrogens with zero attached hydrogens (tertiary/aromatic N) is 2. The summed E-state index contributed by atoms with van der Waals surface area (Å²) in [6, 6.07) is 80.1. The van der Waals surface area contributed by atoms with E-state index in [1.807, 2.05) is 22.7 Å². The van der Waals surface area contributed by atoms with Crippen molar-refractivity contribution in [2.45, 2.75) is 0 Å². The summed E-state index contributed by atoms with van der Waals surface area (Å²) in [6.45, 7) is 0. The number of anilines is 3. The van der Waals surface area contributed by atoms with Gasteiger partial charge in [0.1, 0.15) is 4.83 Å². The van der Waals surface area contributed by atoms with Crippen molar-refractivity contribution >= 4 is 107 Å². The molecule has 3 heterocycles. The van der Waals surface area contributed by atoms with Gasteiger partial charge in [0.2, 0.25) is 0 Å². The highest BCUT2D eigenvalue weighted by molar-refractivity contribution is 7.27. The summed E-state index contributed by atoms with van der Waals surface area (Å²) < 4.78 is 6.48. The number of hydrogen-bond acceptors (Lipinski definition) is 3. The van der Waals surface area contributed by atoms with Gasteiger partial charge in [0, 0.05) is 59.0 Å². The van der Waals surface area contributed by atoms with Gasteiger partial charge < -0.3 is 4.90 Å². The smallest absolute Gasteiger partial charge is 0.109 e. The van der Waals surface area contributed by atoms with Gasteiger partial charge in [-0.1, -0.05) is 170 Å². The lowest BCUT2D eigenvalue weighted by Gasteiger charge is -2.27. The van der Waals surface area contributed by atoms with E-state index < -0.39 is 0 Å². The maximum absolute atomic E-state index is 2.53. The number of aromatic nitrogens is 1. The monoisotopic (exact) mass is 824 g/mol. The Morgan fingerprint density at radius 3 is 1.68 bits per heavy atom. The molecule has 290 valence electrons. The molecule has 0 aliphatic carbocycles. The zero-order valence-corrected chi connectivity index (χ0v) is 35.1. The number of para-hydroxylation sites is 2. The molecular weight excluding hydrogens is 789 g/mol. The molecule has 4 heteroatoms. The lowest BCUT2D eigenvalue weighted by Crippen LogP contribution is -2.10. The van der Waals surface area contributed by atoms with Gasteiger partial charge in [-0.05, 0) is 81.4 Å². The van der Waals surface area contributed by atoms with Crippen LogP contribution in [0, 0.1) is 0 Å². The lowest BCUT2D eigenvalue weighted by atomic mass is 9.98. The summed E-state index contributed by atoms with van der Waals surface area (Å²) in [5.41, 5.74) is 13.3. The largest absolute Gasteiger partial charge is 0.310 e.